The zero-order chi connectivity index (χ0) is 14.0. The molecule has 0 heterocycles. The van der Waals surface area contributed by atoms with Crippen LogP contribution in [-0.2, 0) is 0 Å². The van der Waals surface area contributed by atoms with Gasteiger partial charge in [0.25, 0.3) is 0 Å². The summed E-state index contributed by atoms with van der Waals surface area (Å²) in [5.41, 5.74) is 9.09. The summed E-state index contributed by atoms with van der Waals surface area (Å²) in [4.78, 5) is 0.475. The molecule has 2 rings (SSSR count). The summed E-state index contributed by atoms with van der Waals surface area (Å²) in [6.07, 6.45) is 3.83. The second-order valence-electron chi connectivity index (χ2n) is 6.06. The van der Waals surface area contributed by atoms with Gasteiger partial charge in [0.05, 0.1) is 0 Å². The van der Waals surface area contributed by atoms with E-state index >= 15 is 0 Å². The van der Waals surface area contributed by atoms with Gasteiger partial charge in [-0.25, -0.2) is 0 Å². The van der Waals surface area contributed by atoms with Gasteiger partial charge < -0.3 is 11.1 Å². The minimum atomic E-state index is 0.475. The first-order valence-corrected chi connectivity index (χ1v) is 7.55. The summed E-state index contributed by atoms with van der Waals surface area (Å²) >= 11 is 5.16. The van der Waals surface area contributed by atoms with E-state index in [0.717, 1.165) is 17.2 Å². The van der Waals surface area contributed by atoms with Crippen molar-refractivity contribution in [3.05, 3.63) is 29.3 Å². The summed E-state index contributed by atoms with van der Waals surface area (Å²) in [6.45, 7) is 6.75. The molecule has 1 fully saturated rings. The van der Waals surface area contributed by atoms with E-state index in [9.17, 15) is 0 Å². The van der Waals surface area contributed by atoms with Gasteiger partial charge in [-0.1, -0.05) is 37.7 Å². The van der Waals surface area contributed by atoms with Gasteiger partial charge in [-0.3, -0.25) is 0 Å². The first-order chi connectivity index (χ1) is 8.97. The Morgan fingerprint density at radius 1 is 1.32 bits per heavy atom. The number of thiocarbonyl (C=S) groups is 1. The standard InChI is InChI=1S/C16H24N2S/c1-10-4-6-14(12(3)8-10)18-15-7-5-11(2)9-13(15)16(17)19/h5,7,9-10,12,14,18H,4,6,8H2,1-3H3,(H2,17,19). The molecule has 1 aromatic rings. The van der Waals surface area contributed by atoms with E-state index in [1.54, 1.807) is 0 Å². The van der Waals surface area contributed by atoms with Crippen molar-refractivity contribution >= 4 is 22.9 Å². The van der Waals surface area contributed by atoms with Gasteiger partial charge in [0.1, 0.15) is 4.99 Å². The predicted molar refractivity (Wildman–Crippen MR) is 86.7 cm³/mol. The number of hydrogen-bond donors (Lipinski definition) is 2. The quantitative estimate of drug-likeness (QED) is 0.823. The van der Waals surface area contributed by atoms with Gasteiger partial charge in [-0.05, 0) is 50.2 Å². The molecule has 2 nitrogen and oxygen atoms in total. The topological polar surface area (TPSA) is 38.0 Å². The van der Waals surface area contributed by atoms with Gasteiger partial charge in [0.15, 0.2) is 0 Å². The van der Waals surface area contributed by atoms with E-state index in [2.05, 4.69) is 44.3 Å². The number of hydrogen-bond acceptors (Lipinski definition) is 2. The van der Waals surface area contributed by atoms with Crippen LogP contribution in [0.5, 0.6) is 0 Å². The van der Waals surface area contributed by atoms with Crippen molar-refractivity contribution in [2.24, 2.45) is 17.6 Å². The maximum absolute atomic E-state index is 5.84. The van der Waals surface area contributed by atoms with Crippen LogP contribution in [0.2, 0.25) is 0 Å². The Morgan fingerprint density at radius 3 is 2.68 bits per heavy atom. The molecule has 1 aromatic carbocycles. The molecule has 0 bridgehead atoms. The number of nitrogens with one attached hydrogen (secondary N) is 1. The van der Waals surface area contributed by atoms with Crippen LogP contribution in [0, 0.1) is 18.8 Å². The van der Waals surface area contributed by atoms with Crippen molar-refractivity contribution in [2.45, 2.75) is 46.1 Å². The molecule has 0 aromatic heterocycles. The Kier molecular flexibility index (Phi) is 4.46. The van der Waals surface area contributed by atoms with Crippen LogP contribution in [0.1, 0.15) is 44.2 Å². The highest BCUT2D eigenvalue weighted by atomic mass is 32.1. The molecular weight excluding hydrogens is 252 g/mol. The fourth-order valence-corrected chi connectivity index (χ4v) is 3.24. The van der Waals surface area contributed by atoms with Crippen LogP contribution in [0.25, 0.3) is 0 Å². The van der Waals surface area contributed by atoms with Crippen LogP contribution >= 0.6 is 12.2 Å². The van der Waals surface area contributed by atoms with E-state index in [1.807, 2.05) is 0 Å². The average Bonchev–Trinajstić information content (AvgIpc) is 2.34. The summed E-state index contributed by atoms with van der Waals surface area (Å²) in [6, 6.07) is 6.82. The normalized spacial score (nSPS) is 27.0. The predicted octanol–water partition coefficient (Wildman–Crippen LogP) is 3.87. The van der Waals surface area contributed by atoms with Crippen molar-refractivity contribution in [3.63, 3.8) is 0 Å². The molecule has 0 saturated heterocycles. The molecule has 1 saturated carbocycles. The monoisotopic (exact) mass is 276 g/mol. The molecule has 1 aliphatic carbocycles. The highest BCUT2D eigenvalue weighted by molar-refractivity contribution is 7.80. The third-order valence-electron chi connectivity index (χ3n) is 4.21. The van der Waals surface area contributed by atoms with Crippen LogP contribution < -0.4 is 11.1 Å². The third kappa shape index (κ3) is 3.47. The first kappa shape index (κ1) is 14.3. The van der Waals surface area contributed by atoms with Gasteiger partial charge in [-0.15, -0.1) is 0 Å². The van der Waals surface area contributed by atoms with Crippen LogP contribution in [0.15, 0.2) is 18.2 Å². The summed E-state index contributed by atoms with van der Waals surface area (Å²) in [5, 5.41) is 3.66. The molecular formula is C16H24N2S. The molecule has 19 heavy (non-hydrogen) atoms. The lowest BCUT2D eigenvalue weighted by Crippen LogP contribution is -2.33. The minimum Gasteiger partial charge on any atom is -0.389 e. The van der Waals surface area contributed by atoms with E-state index in [0.29, 0.717) is 16.9 Å². The number of benzene rings is 1. The summed E-state index contributed by atoms with van der Waals surface area (Å²) < 4.78 is 0. The second kappa shape index (κ2) is 5.91. The number of rotatable bonds is 3. The Bertz CT molecular complexity index is 470. The van der Waals surface area contributed by atoms with Gasteiger partial charge in [-0.2, -0.15) is 0 Å². The lowest BCUT2D eigenvalue weighted by Gasteiger charge is -2.34. The van der Waals surface area contributed by atoms with Crippen LogP contribution in [-0.4, -0.2) is 11.0 Å². The molecule has 3 N–H and O–H groups in total. The van der Waals surface area contributed by atoms with Crippen LogP contribution in [0.4, 0.5) is 5.69 Å². The fourth-order valence-electron chi connectivity index (χ4n) is 3.07. The highest BCUT2D eigenvalue weighted by Gasteiger charge is 2.25. The van der Waals surface area contributed by atoms with E-state index < -0.39 is 0 Å². The maximum atomic E-state index is 5.84. The Morgan fingerprint density at radius 2 is 2.05 bits per heavy atom. The SMILES string of the molecule is Cc1ccc(NC2CCC(C)CC2C)c(C(N)=S)c1. The zero-order valence-electron chi connectivity index (χ0n) is 12.1. The van der Waals surface area contributed by atoms with Gasteiger partial charge in [0.2, 0.25) is 0 Å². The minimum absolute atomic E-state index is 0.475. The maximum Gasteiger partial charge on any atom is 0.106 e. The number of nitrogens with two attached hydrogens (primary N) is 1. The Balaban J connectivity index is 2.17. The lowest BCUT2D eigenvalue weighted by atomic mass is 9.79. The largest absolute Gasteiger partial charge is 0.389 e. The first-order valence-electron chi connectivity index (χ1n) is 7.14. The Labute approximate surface area is 121 Å². The van der Waals surface area contributed by atoms with E-state index in [1.165, 1.54) is 24.8 Å². The van der Waals surface area contributed by atoms with Crippen molar-refractivity contribution in [3.8, 4) is 0 Å². The summed E-state index contributed by atoms with van der Waals surface area (Å²) in [7, 11) is 0. The van der Waals surface area contributed by atoms with Crippen molar-refractivity contribution in [1.82, 2.24) is 0 Å². The zero-order valence-corrected chi connectivity index (χ0v) is 12.9. The number of anilines is 1. The molecule has 104 valence electrons. The van der Waals surface area contributed by atoms with Gasteiger partial charge >= 0.3 is 0 Å². The van der Waals surface area contributed by atoms with Crippen molar-refractivity contribution in [2.75, 3.05) is 5.32 Å². The van der Waals surface area contributed by atoms with E-state index in [4.69, 9.17) is 18.0 Å². The molecule has 3 heteroatoms. The average molecular weight is 276 g/mol. The van der Waals surface area contributed by atoms with Gasteiger partial charge in [0, 0.05) is 17.3 Å². The van der Waals surface area contributed by atoms with Crippen molar-refractivity contribution < 1.29 is 0 Å². The second-order valence-corrected chi connectivity index (χ2v) is 6.50. The molecule has 3 atom stereocenters. The molecule has 0 spiro atoms. The van der Waals surface area contributed by atoms with Crippen LogP contribution in [0.3, 0.4) is 0 Å². The Hall–Kier alpha value is -1.09. The van der Waals surface area contributed by atoms with E-state index in [-0.39, 0.29) is 0 Å². The summed E-state index contributed by atoms with van der Waals surface area (Å²) in [5.74, 6) is 1.55. The highest BCUT2D eigenvalue weighted by Crippen LogP contribution is 2.31. The molecule has 3 unspecified atom stereocenters. The molecule has 0 aliphatic heterocycles. The fraction of sp³-hybridized carbons (Fsp3) is 0.562. The molecule has 1 aliphatic rings. The lowest BCUT2D eigenvalue weighted by molar-refractivity contribution is 0.276. The van der Waals surface area contributed by atoms with Crippen molar-refractivity contribution in [1.29, 1.82) is 0 Å². The number of aryl methyl sites for hydroxylation is 1. The third-order valence-corrected chi connectivity index (χ3v) is 4.43. The smallest absolute Gasteiger partial charge is 0.106 e. The molecule has 0 radical (unpaired) electrons. The molecule has 0 amide bonds.